The van der Waals surface area contributed by atoms with Crippen LogP contribution >= 0.6 is 0 Å². The van der Waals surface area contributed by atoms with Gasteiger partial charge >= 0.3 is 0 Å². The van der Waals surface area contributed by atoms with Crippen LogP contribution in [-0.4, -0.2) is 14.2 Å². The summed E-state index contributed by atoms with van der Waals surface area (Å²) in [5.41, 5.74) is 3.20. The van der Waals surface area contributed by atoms with Gasteiger partial charge in [-0.05, 0) is 60.1 Å². The topological polar surface area (TPSA) is 18.5 Å². The molecule has 2 aromatic rings. The molecule has 0 N–H and O–H groups in total. The van der Waals surface area contributed by atoms with E-state index in [1.807, 2.05) is 0 Å². The lowest BCUT2D eigenvalue weighted by atomic mass is 9.58. The summed E-state index contributed by atoms with van der Waals surface area (Å²) in [7, 11) is 3.44. The highest BCUT2D eigenvalue weighted by Gasteiger charge is 2.42. The second kappa shape index (κ2) is 6.51. The quantitative estimate of drug-likeness (QED) is 0.730. The van der Waals surface area contributed by atoms with E-state index in [-0.39, 0.29) is 5.41 Å². The molecule has 0 saturated heterocycles. The van der Waals surface area contributed by atoms with Crippen molar-refractivity contribution in [2.75, 3.05) is 14.2 Å². The number of hydrogen-bond acceptors (Lipinski definition) is 2. The van der Waals surface area contributed by atoms with Gasteiger partial charge in [0.15, 0.2) is 0 Å². The number of methoxy groups -OCH3 is 2. The van der Waals surface area contributed by atoms with E-state index >= 15 is 0 Å². The van der Waals surface area contributed by atoms with Crippen molar-refractivity contribution in [2.45, 2.75) is 44.9 Å². The largest absolute Gasteiger partial charge is 0.497 e. The van der Waals surface area contributed by atoms with Crippen molar-refractivity contribution < 1.29 is 9.47 Å². The third-order valence-electron chi connectivity index (χ3n) is 5.52. The van der Waals surface area contributed by atoms with Crippen LogP contribution in [0.5, 0.6) is 11.5 Å². The van der Waals surface area contributed by atoms with Gasteiger partial charge in [0, 0.05) is 5.41 Å². The van der Waals surface area contributed by atoms with Crippen LogP contribution in [0.3, 0.4) is 0 Å². The van der Waals surface area contributed by atoms with E-state index in [2.05, 4.69) is 62.4 Å². The van der Waals surface area contributed by atoms with E-state index < -0.39 is 0 Å². The molecule has 0 unspecified atom stereocenters. The van der Waals surface area contributed by atoms with Crippen molar-refractivity contribution in [3.63, 3.8) is 0 Å². The van der Waals surface area contributed by atoms with Crippen molar-refractivity contribution in [1.82, 2.24) is 0 Å². The van der Waals surface area contributed by atoms with Crippen molar-refractivity contribution >= 4 is 0 Å². The van der Waals surface area contributed by atoms with Gasteiger partial charge in [0.2, 0.25) is 0 Å². The highest BCUT2D eigenvalue weighted by molar-refractivity contribution is 5.44. The fraction of sp³-hybridized carbons (Fsp3) is 0.455. The summed E-state index contributed by atoms with van der Waals surface area (Å²) in [4.78, 5) is 0. The highest BCUT2D eigenvalue weighted by Crippen LogP contribution is 2.51. The Hall–Kier alpha value is -1.96. The SMILES string of the molecule is COc1ccc(C2(c3ccc(OC)cc3)CCCC(C)(C)C2)cc1. The van der Waals surface area contributed by atoms with Crippen LogP contribution in [0.1, 0.15) is 50.7 Å². The number of rotatable bonds is 4. The van der Waals surface area contributed by atoms with Crippen molar-refractivity contribution in [1.29, 1.82) is 0 Å². The standard InChI is InChI=1S/C22H28O2/c1-21(2)14-5-15-22(16-21,17-6-10-19(23-3)11-7-17)18-8-12-20(24-4)13-9-18/h6-13H,5,14-16H2,1-4H3. The molecule has 0 amide bonds. The van der Waals surface area contributed by atoms with Crippen LogP contribution in [0.15, 0.2) is 48.5 Å². The molecular formula is C22H28O2. The van der Waals surface area contributed by atoms with Gasteiger partial charge in [0.1, 0.15) is 11.5 Å². The predicted molar refractivity (Wildman–Crippen MR) is 99.0 cm³/mol. The van der Waals surface area contributed by atoms with Crippen LogP contribution < -0.4 is 9.47 Å². The Kier molecular flexibility index (Phi) is 4.58. The predicted octanol–water partition coefficient (Wildman–Crippen LogP) is 5.59. The normalized spacial score (nSPS) is 18.8. The number of hydrogen-bond donors (Lipinski definition) is 0. The minimum absolute atomic E-state index is 0.0697. The fourth-order valence-corrected chi connectivity index (χ4v) is 4.34. The van der Waals surface area contributed by atoms with Crippen molar-refractivity contribution in [3.05, 3.63) is 59.7 Å². The van der Waals surface area contributed by atoms with Gasteiger partial charge in [-0.1, -0.05) is 44.5 Å². The zero-order chi connectivity index (χ0) is 17.2. The van der Waals surface area contributed by atoms with Gasteiger partial charge in [0.25, 0.3) is 0 Å². The van der Waals surface area contributed by atoms with E-state index in [0.29, 0.717) is 5.41 Å². The summed E-state index contributed by atoms with van der Waals surface area (Å²) in [6.45, 7) is 4.79. The molecule has 128 valence electrons. The Bertz CT molecular complexity index is 621. The third kappa shape index (κ3) is 3.15. The third-order valence-corrected chi connectivity index (χ3v) is 5.52. The molecule has 1 saturated carbocycles. The Balaban J connectivity index is 2.08. The van der Waals surface area contributed by atoms with E-state index in [1.54, 1.807) is 14.2 Å². The summed E-state index contributed by atoms with van der Waals surface area (Å²) < 4.78 is 10.7. The second-order valence-electron chi connectivity index (χ2n) is 7.73. The maximum Gasteiger partial charge on any atom is 0.118 e. The lowest BCUT2D eigenvalue weighted by molar-refractivity contribution is 0.173. The van der Waals surface area contributed by atoms with Crippen LogP contribution in [-0.2, 0) is 5.41 Å². The summed E-state index contributed by atoms with van der Waals surface area (Å²) in [5, 5.41) is 0. The summed E-state index contributed by atoms with van der Waals surface area (Å²) in [5.74, 6) is 1.83. The van der Waals surface area contributed by atoms with Gasteiger partial charge in [-0.2, -0.15) is 0 Å². The molecule has 0 bridgehead atoms. The first-order valence-corrected chi connectivity index (χ1v) is 8.78. The van der Waals surface area contributed by atoms with E-state index in [1.165, 1.54) is 36.8 Å². The first kappa shape index (κ1) is 16.9. The van der Waals surface area contributed by atoms with Crippen LogP contribution in [0, 0.1) is 5.41 Å². The van der Waals surface area contributed by atoms with Crippen molar-refractivity contribution in [2.24, 2.45) is 5.41 Å². The monoisotopic (exact) mass is 324 g/mol. The maximum atomic E-state index is 5.35. The highest BCUT2D eigenvalue weighted by atomic mass is 16.5. The van der Waals surface area contributed by atoms with Crippen molar-refractivity contribution in [3.8, 4) is 11.5 Å². The minimum Gasteiger partial charge on any atom is -0.497 e. The van der Waals surface area contributed by atoms with Gasteiger partial charge < -0.3 is 9.47 Å². The first-order chi connectivity index (χ1) is 11.5. The minimum atomic E-state index is 0.0697. The molecule has 3 rings (SSSR count). The summed E-state index contributed by atoms with van der Waals surface area (Å²) >= 11 is 0. The summed E-state index contributed by atoms with van der Waals surface area (Å²) in [6, 6.07) is 17.3. The van der Waals surface area contributed by atoms with Crippen LogP contribution in [0.4, 0.5) is 0 Å². The molecule has 0 spiro atoms. The molecule has 0 atom stereocenters. The van der Waals surface area contributed by atoms with Crippen LogP contribution in [0.2, 0.25) is 0 Å². The molecule has 1 aliphatic carbocycles. The molecule has 1 fully saturated rings. The molecule has 0 heterocycles. The Morgan fingerprint density at radius 3 is 1.54 bits per heavy atom. The lowest BCUT2D eigenvalue weighted by Crippen LogP contribution is -2.37. The molecular weight excluding hydrogens is 296 g/mol. The number of benzene rings is 2. The molecule has 2 heteroatoms. The Morgan fingerprint density at radius 1 is 0.708 bits per heavy atom. The Labute approximate surface area is 145 Å². The molecule has 2 nitrogen and oxygen atoms in total. The lowest BCUT2D eigenvalue weighted by Gasteiger charge is -2.46. The van der Waals surface area contributed by atoms with Crippen LogP contribution in [0.25, 0.3) is 0 Å². The maximum absolute atomic E-state index is 5.35. The van der Waals surface area contributed by atoms with Gasteiger partial charge in [-0.25, -0.2) is 0 Å². The second-order valence-corrected chi connectivity index (χ2v) is 7.73. The smallest absolute Gasteiger partial charge is 0.118 e. The van der Waals surface area contributed by atoms with Gasteiger partial charge in [-0.15, -0.1) is 0 Å². The van der Waals surface area contributed by atoms with Gasteiger partial charge in [-0.3, -0.25) is 0 Å². The van der Waals surface area contributed by atoms with Gasteiger partial charge in [0.05, 0.1) is 14.2 Å². The molecule has 0 aliphatic heterocycles. The van der Waals surface area contributed by atoms with E-state index in [4.69, 9.17) is 9.47 Å². The molecule has 0 aromatic heterocycles. The molecule has 2 aromatic carbocycles. The molecule has 1 aliphatic rings. The van der Waals surface area contributed by atoms with E-state index in [0.717, 1.165) is 11.5 Å². The first-order valence-electron chi connectivity index (χ1n) is 8.78. The van der Waals surface area contributed by atoms with E-state index in [9.17, 15) is 0 Å². The number of ether oxygens (including phenoxy) is 2. The fourth-order valence-electron chi connectivity index (χ4n) is 4.34. The average Bonchev–Trinajstić information content (AvgIpc) is 2.61. The molecule has 24 heavy (non-hydrogen) atoms. The zero-order valence-corrected chi connectivity index (χ0v) is 15.3. The Morgan fingerprint density at radius 2 is 1.17 bits per heavy atom. The zero-order valence-electron chi connectivity index (χ0n) is 15.3. The molecule has 0 radical (unpaired) electrons. The average molecular weight is 324 g/mol. The summed E-state index contributed by atoms with van der Waals surface area (Å²) in [6.07, 6.45) is 4.90.